The average molecular weight is 270 g/mol. The summed E-state index contributed by atoms with van der Waals surface area (Å²) in [4.78, 5) is 0. The third-order valence-electron chi connectivity index (χ3n) is 2.12. The lowest BCUT2D eigenvalue weighted by Gasteiger charge is -2.30. The highest BCUT2D eigenvalue weighted by molar-refractivity contribution is 8.17. The summed E-state index contributed by atoms with van der Waals surface area (Å²) in [6.07, 6.45) is -2.58. The van der Waals surface area contributed by atoms with Gasteiger partial charge in [-0.15, -0.1) is 23.5 Å². The van der Waals surface area contributed by atoms with E-state index in [0.29, 0.717) is 0 Å². The Morgan fingerprint density at radius 2 is 1.62 bits per heavy atom. The van der Waals surface area contributed by atoms with Gasteiger partial charge < -0.3 is 20.1 Å². The van der Waals surface area contributed by atoms with Gasteiger partial charge >= 0.3 is 0 Å². The van der Waals surface area contributed by atoms with Crippen molar-refractivity contribution in [3.05, 3.63) is 0 Å². The molecule has 0 bridgehead atoms. The number of hydrogen-bond acceptors (Lipinski definition) is 6. The Morgan fingerprint density at radius 3 is 1.94 bits per heavy atom. The second-order valence-electron chi connectivity index (χ2n) is 3.22. The molecule has 0 spiro atoms. The third kappa shape index (κ3) is 5.25. The molecule has 0 aliphatic carbocycles. The smallest absolute Gasteiger partial charge is 0.113 e. The standard InChI is InChI=1S/C10H22O4S2/c1-4-15-10(16-5-2)8(13)9(14-3)7(12)6-11/h7-13H,4-6H2,1-3H3/t7-,8-,9+/m1/s1. The van der Waals surface area contributed by atoms with Crippen LogP contribution in [0.15, 0.2) is 0 Å². The first-order valence-electron chi connectivity index (χ1n) is 5.35. The van der Waals surface area contributed by atoms with Gasteiger partial charge in [-0.2, -0.15) is 0 Å². The molecular weight excluding hydrogens is 248 g/mol. The van der Waals surface area contributed by atoms with Gasteiger partial charge in [0.25, 0.3) is 0 Å². The Kier molecular flexibility index (Phi) is 9.88. The van der Waals surface area contributed by atoms with Crippen molar-refractivity contribution in [3.63, 3.8) is 0 Å². The van der Waals surface area contributed by atoms with Gasteiger partial charge in [0.05, 0.1) is 11.2 Å². The van der Waals surface area contributed by atoms with E-state index in [1.807, 2.05) is 13.8 Å². The van der Waals surface area contributed by atoms with Crippen LogP contribution in [0.1, 0.15) is 13.8 Å². The van der Waals surface area contributed by atoms with Gasteiger partial charge in [0.15, 0.2) is 0 Å². The van der Waals surface area contributed by atoms with E-state index in [1.165, 1.54) is 7.11 Å². The van der Waals surface area contributed by atoms with Crippen LogP contribution in [-0.2, 0) is 4.74 Å². The predicted molar refractivity (Wildman–Crippen MR) is 69.9 cm³/mol. The summed E-state index contributed by atoms with van der Waals surface area (Å²) in [5.41, 5.74) is 0. The molecule has 0 aliphatic heterocycles. The van der Waals surface area contributed by atoms with Gasteiger partial charge in [-0.05, 0) is 11.5 Å². The molecule has 6 heteroatoms. The number of methoxy groups -OCH3 is 1. The molecule has 0 aliphatic rings. The molecule has 0 heterocycles. The van der Waals surface area contributed by atoms with E-state index in [9.17, 15) is 10.2 Å². The molecule has 16 heavy (non-hydrogen) atoms. The summed E-state index contributed by atoms with van der Waals surface area (Å²) in [7, 11) is 1.43. The SMILES string of the molecule is CCSC(SCC)[C@H](O)[C@@H](OC)[C@H](O)CO. The van der Waals surface area contributed by atoms with Crippen molar-refractivity contribution in [2.75, 3.05) is 25.2 Å². The Balaban J connectivity index is 4.46. The molecule has 0 aromatic heterocycles. The number of rotatable bonds is 9. The van der Waals surface area contributed by atoms with Crippen LogP contribution in [0.3, 0.4) is 0 Å². The van der Waals surface area contributed by atoms with Crippen molar-refractivity contribution in [1.29, 1.82) is 0 Å². The summed E-state index contributed by atoms with van der Waals surface area (Å²) in [5.74, 6) is 1.78. The number of aliphatic hydroxyl groups is 3. The summed E-state index contributed by atoms with van der Waals surface area (Å²) in [6.45, 7) is 3.63. The normalized spacial score (nSPS) is 17.4. The monoisotopic (exact) mass is 270 g/mol. The summed E-state index contributed by atoms with van der Waals surface area (Å²) < 4.78 is 5.01. The Morgan fingerprint density at radius 1 is 1.12 bits per heavy atom. The van der Waals surface area contributed by atoms with Crippen molar-refractivity contribution in [1.82, 2.24) is 0 Å². The number of ether oxygens (including phenoxy) is 1. The maximum Gasteiger partial charge on any atom is 0.113 e. The molecule has 0 aromatic rings. The molecule has 0 saturated carbocycles. The topological polar surface area (TPSA) is 69.9 Å². The van der Waals surface area contributed by atoms with E-state index in [-0.39, 0.29) is 4.58 Å². The lowest BCUT2D eigenvalue weighted by atomic mass is 10.1. The molecule has 0 rings (SSSR count). The molecule has 0 aromatic carbocycles. The van der Waals surface area contributed by atoms with Crippen molar-refractivity contribution in [2.24, 2.45) is 0 Å². The van der Waals surface area contributed by atoms with Crippen LogP contribution in [0.4, 0.5) is 0 Å². The molecule has 0 amide bonds. The Bertz CT molecular complexity index is 165. The van der Waals surface area contributed by atoms with Crippen molar-refractivity contribution in [2.45, 2.75) is 36.7 Å². The molecular formula is C10H22O4S2. The fourth-order valence-corrected chi connectivity index (χ4v) is 3.92. The van der Waals surface area contributed by atoms with Crippen molar-refractivity contribution >= 4 is 23.5 Å². The van der Waals surface area contributed by atoms with Crippen LogP contribution in [0.2, 0.25) is 0 Å². The number of aliphatic hydroxyl groups excluding tert-OH is 3. The average Bonchev–Trinajstić information content (AvgIpc) is 2.29. The lowest BCUT2D eigenvalue weighted by molar-refractivity contribution is -0.0906. The fourth-order valence-electron chi connectivity index (χ4n) is 1.36. The number of thioether (sulfide) groups is 2. The highest BCUT2D eigenvalue weighted by Crippen LogP contribution is 2.29. The molecule has 3 N–H and O–H groups in total. The van der Waals surface area contributed by atoms with Gasteiger partial charge in [-0.1, -0.05) is 13.8 Å². The van der Waals surface area contributed by atoms with E-state index in [2.05, 4.69) is 0 Å². The maximum absolute atomic E-state index is 10.1. The first-order chi connectivity index (χ1) is 7.62. The van der Waals surface area contributed by atoms with Gasteiger partial charge in [0.2, 0.25) is 0 Å². The van der Waals surface area contributed by atoms with Crippen LogP contribution in [0, 0.1) is 0 Å². The molecule has 0 saturated heterocycles. The molecule has 0 unspecified atom stereocenters. The largest absolute Gasteiger partial charge is 0.394 e. The highest BCUT2D eigenvalue weighted by atomic mass is 32.2. The Labute approximate surface area is 106 Å². The van der Waals surface area contributed by atoms with Gasteiger partial charge in [-0.3, -0.25) is 0 Å². The summed E-state index contributed by atoms with van der Waals surface area (Å²) >= 11 is 3.24. The molecule has 4 nitrogen and oxygen atoms in total. The van der Waals surface area contributed by atoms with Gasteiger partial charge in [0.1, 0.15) is 18.3 Å². The first kappa shape index (κ1) is 16.5. The van der Waals surface area contributed by atoms with Crippen LogP contribution in [0.25, 0.3) is 0 Å². The lowest BCUT2D eigenvalue weighted by Crippen LogP contribution is -2.45. The quantitative estimate of drug-likeness (QED) is 0.532. The zero-order valence-corrected chi connectivity index (χ0v) is 11.6. The number of hydrogen-bond donors (Lipinski definition) is 3. The van der Waals surface area contributed by atoms with E-state index in [1.54, 1.807) is 23.5 Å². The zero-order chi connectivity index (χ0) is 12.6. The predicted octanol–water partition coefficient (Wildman–Crippen LogP) is 0.548. The van der Waals surface area contributed by atoms with Crippen molar-refractivity contribution < 1.29 is 20.1 Å². The third-order valence-corrected chi connectivity index (χ3v) is 4.81. The van der Waals surface area contributed by atoms with Crippen LogP contribution in [-0.4, -0.2) is 63.4 Å². The minimum absolute atomic E-state index is 0.0406. The van der Waals surface area contributed by atoms with E-state index >= 15 is 0 Å². The zero-order valence-electron chi connectivity index (χ0n) is 10.00. The van der Waals surface area contributed by atoms with Crippen molar-refractivity contribution in [3.8, 4) is 0 Å². The molecule has 3 atom stereocenters. The van der Waals surface area contributed by atoms with Crippen LogP contribution < -0.4 is 0 Å². The molecule has 98 valence electrons. The minimum Gasteiger partial charge on any atom is -0.394 e. The van der Waals surface area contributed by atoms with E-state index in [4.69, 9.17) is 9.84 Å². The fraction of sp³-hybridized carbons (Fsp3) is 1.00. The summed E-state index contributed by atoms with van der Waals surface area (Å²) in [5, 5.41) is 28.5. The van der Waals surface area contributed by atoms with E-state index in [0.717, 1.165) is 11.5 Å². The highest BCUT2D eigenvalue weighted by Gasteiger charge is 2.32. The second-order valence-corrected chi connectivity index (χ2v) is 6.36. The van der Waals surface area contributed by atoms with E-state index < -0.39 is 24.9 Å². The Hall–Kier alpha value is 0.540. The summed E-state index contributed by atoms with van der Waals surface area (Å²) in [6, 6.07) is 0. The van der Waals surface area contributed by atoms with Crippen LogP contribution in [0.5, 0.6) is 0 Å². The second kappa shape index (κ2) is 9.56. The maximum atomic E-state index is 10.1. The molecule has 0 radical (unpaired) electrons. The van der Waals surface area contributed by atoms with Gasteiger partial charge in [0, 0.05) is 7.11 Å². The molecule has 0 fully saturated rings. The minimum atomic E-state index is -1.04. The van der Waals surface area contributed by atoms with Gasteiger partial charge in [-0.25, -0.2) is 0 Å². The van der Waals surface area contributed by atoms with Crippen LogP contribution >= 0.6 is 23.5 Å². The first-order valence-corrected chi connectivity index (χ1v) is 7.45.